The van der Waals surface area contributed by atoms with E-state index in [2.05, 4.69) is 19.9 Å². The van der Waals surface area contributed by atoms with Gasteiger partial charge in [0.05, 0.1) is 11.6 Å². The molecular formula is C12H17ClO. The van der Waals surface area contributed by atoms with Crippen molar-refractivity contribution in [2.24, 2.45) is 0 Å². The number of benzene rings is 1. The average Bonchev–Trinajstić information content (AvgIpc) is 2.20. The fourth-order valence-electron chi connectivity index (χ4n) is 1.33. The van der Waals surface area contributed by atoms with Crippen LogP contribution in [0.3, 0.4) is 0 Å². The molecule has 0 aliphatic heterocycles. The average molecular weight is 213 g/mol. The van der Waals surface area contributed by atoms with Gasteiger partial charge in [-0.15, -0.1) is 0 Å². The lowest BCUT2D eigenvalue weighted by atomic mass is 9.99. The SMILES string of the molecule is CCOc1ccc(C(C)CC)cc1Cl. The van der Waals surface area contributed by atoms with Crippen molar-refractivity contribution in [1.29, 1.82) is 0 Å². The summed E-state index contributed by atoms with van der Waals surface area (Å²) in [7, 11) is 0. The van der Waals surface area contributed by atoms with E-state index in [1.54, 1.807) is 0 Å². The van der Waals surface area contributed by atoms with E-state index in [1.165, 1.54) is 5.56 Å². The molecule has 1 aromatic carbocycles. The number of halogens is 1. The lowest BCUT2D eigenvalue weighted by molar-refractivity contribution is 0.340. The zero-order valence-corrected chi connectivity index (χ0v) is 9.77. The summed E-state index contributed by atoms with van der Waals surface area (Å²) in [4.78, 5) is 0. The van der Waals surface area contributed by atoms with Gasteiger partial charge in [-0.1, -0.05) is 31.5 Å². The monoisotopic (exact) mass is 212 g/mol. The Kier molecular flexibility index (Phi) is 4.27. The van der Waals surface area contributed by atoms with Gasteiger partial charge in [-0.25, -0.2) is 0 Å². The van der Waals surface area contributed by atoms with Gasteiger partial charge in [0.2, 0.25) is 0 Å². The van der Waals surface area contributed by atoms with Crippen LogP contribution in [0.5, 0.6) is 5.75 Å². The van der Waals surface area contributed by atoms with Gasteiger partial charge in [0.15, 0.2) is 0 Å². The second kappa shape index (κ2) is 5.26. The summed E-state index contributed by atoms with van der Waals surface area (Å²) < 4.78 is 5.37. The molecule has 0 heterocycles. The summed E-state index contributed by atoms with van der Waals surface area (Å²) in [6.07, 6.45) is 1.13. The van der Waals surface area contributed by atoms with Crippen LogP contribution in [0.25, 0.3) is 0 Å². The minimum atomic E-state index is 0.558. The Bertz CT molecular complexity index is 296. The highest BCUT2D eigenvalue weighted by molar-refractivity contribution is 6.32. The molecule has 0 amide bonds. The summed E-state index contributed by atoms with van der Waals surface area (Å²) in [5.74, 6) is 1.34. The summed E-state index contributed by atoms with van der Waals surface area (Å²) in [6.45, 7) is 6.99. The minimum absolute atomic E-state index is 0.558. The third-order valence-electron chi connectivity index (χ3n) is 2.44. The highest BCUT2D eigenvalue weighted by Crippen LogP contribution is 2.29. The van der Waals surface area contributed by atoms with E-state index in [0.29, 0.717) is 17.5 Å². The van der Waals surface area contributed by atoms with E-state index < -0.39 is 0 Å². The molecule has 78 valence electrons. The molecule has 0 aromatic heterocycles. The molecule has 0 spiro atoms. The molecule has 1 aromatic rings. The van der Waals surface area contributed by atoms with Crippen molar-refractivity contribution in [2.75, 3.05) is 6.61 Å². The van der Waals surface area contributed by atoms with E-state index in [0.717, 1.165) is 12.2 Å². The van der Waals surface area contributed by atoms with E-state index in [-0.39, 0.29) is 0 Å². The van der Waals surface area contributed by atoms with Crippen molar-refractivity contribution in [3.05, 3.63) is 28.8 Å². The normalized spacial score (nSPS) is 12.6. The highest BCUT2D eigenvalue weighted by atomic mass is 35.5. The minimum Gasteiger partial charge on any atom is -0.492 e. The Balaban J connectivity index is 2.88. The summed E-state index contributed by atoms with van der Waals surface area (Å²) in [5.41, 5.74) is 1.28. The first kappa shape index (κ1) is 11.4. The second-order valence-corrected chi connectivity index (χ2v) is 3.84. The standard InChI is InChI=1S/C12H17ClO/c1-4-9(3)10-6-7-12(14-5-2)11(13)8-10/h6-9H,4-5H2,1-3H3. The topological polar surface area (TPSA) is 9.23 Å². The maximum atomic E-state index is 6.08. The molecule has 1 rings (SSSR count). The van der Waals surface area contributed by atoms with Crippen LogP contribution < -0.4 is 4.74 Å². The predicted octanol–water partition coefficient (Wildman–Crippen LogP) is 4.25. The number of ether oxygens (including phenoxy) is 1. The molecule has 0 saturated heterocycles. The molecule has 14 heavy (non-hydrogen) atoms. The second-order valence-electron chi connectivity index (χ2n) is 3.43. The van der Waals surface area contributed by atoms with E-state index in [9.17, 15) is 0 Å². The Morgan fingerprint density at radius 2 is 2.07 bits per heavy atom. The molecule has 1 unspecified atom stereocenters. The number of hydrogen-bond donors (Lipinski definition) is 0. The Labute approximate surface area is 91.0 Å². The molecule has 0 radical (unpaired) electrons. The van der Waals surface area contributed by atoms with Gasteiger partial charge >= 0.3 is 0 Å². The van der Waals surface area contributed by atoms with Gasteiger partial charge < -0.3 is 4.74 Å². The molecule has 0 aliphatic carbocycles. The van der Waals surface area contributed by atoms with Gasteiger partial charge in [0, 0.05) is 0 Å². The van der Waals surface area contributed by atoms with Crippen LogP contribution in [-0.2, 0) is 0 Å². The molecular weight excluding hydrogens is 196 g/mol. The molecule has 0 saturated carbocycles. The van der Waals surface area contributed by atoms with Crippen molar-refractivity contribution in [1.82, 2.24) is 0 Å². The summed E-state index contributed by atoms with van der Waals surface area (Å²) >= 11 is 6.08. The largest absolute Gasteiger partial charge is 0.492 e. The third-order valence-corrected chi connectivity index (χ3v) is 2.73. The Morgan fingerprint density at radius 1 is 1.36 bits per heavy atom. The molecule has 1 nitrogen and oxygen atoms in total. The van der Waals surface area contributed by atoms with Crippen molar-refractivity contribution < 1.29 is 4.74 Å². The van der Waals surface area contributed by atoms with Crippen molar-refractivity contribution in [3.63, 3.8) is 0 Å². The molecule has 0 bridgehead atoms. The van der Waals surface area contributed by atoms with Crippen molar-refractivity contribution in [3.8, 4) is 5.75 Å². The van der Waals surface area contributed by atoms with E-state index in [1.807, 2.05) is 19.1 Å². The van der Waals surface area contributed by atoms with Gasteiger partial charge in [-0.3, -0.25) is 0 Å². The van der Waals surface area contributed by atoms with Crippen LogP contribution in [0.4, 0.5) is 0 Å². The van der Waals surface area contributed by atoms with Crippen molar-refractivity contribution >= 4 is 11.6 Å². The summed E-state index contributed by atoms with van der Waals surface area (Å²) in [6, 6.07) is 6.04. The quantitative estimate of drug-likeness (QED) is 0.725. The van der Waals surface area contributed by atoms with Crippen LogP contribution in [0.2, 0.25) is 5.02 Å². The molecule has 1 atom stereocenters. The summed E-state index contributed by atoms with van der Waals surface area (Å²) in [5, 5.41) is 0.713. The van der Waals surface area contributed by atoms with Gasteiger partial charge in [0.25, 0.3) is 0 Å². The van der Waals surface area contributed by atoms with Crippen LogP contribution >= 0.6 is 11.6 Å². The van der Waals surface area contributed by atoms with Crippen LogP contribution in [0.15, 0.2) is 18.2 Å². The Morgan fingerprint density at radius 3 is 2.57 bits per heavy atom. The fourth-order valence-corrected chi connectivity index (χ4v) is 1.58. The molecule has 0 fully saturated rings. The Hall–Kier alpha value is -0.690. The van der Waals surface area contributed by atoms with E-state index >= 15 is 0 Å². The fraction of sp³-hybridized carbons (Fsp3) is 0.500. The van der Waals surface area contributed by atoms with Crippen LogP contribution in [0.1, 0.15) is 38.7 Å². The predicted molar refractivity (Wildman–Crippen MR) is 61.3 cm³/mol. The smallest absolute Gasteiger partial charge is 0.137 e. The lowest BCUT2D eigenvalue weighted by Gasteiger charge is -2.11. The first-order valence-corrected chi connectivity index (χ1v) is 5.49. The maximum Gasteiger partial charge on any atom is 0.137 e. The van der Waals surface area contributed by atoms with Gasteiger partial charge in [0.1, 0.15) is 5.75 Å². The number of rotatable bonds is 4. The lowest BCUT2D eigenvalue weighted by Crippen LogP contribution is -1.95. The van der Waals surface area contributed by atoms with E-state index in [4.69, 9.17) is 16.3 Å². The van der Waals surface area contributed by atoms with Crippen molar-refractivity contribution in [2.45, 2.75) is 33.1 Å². The highest BCUT2D eigenvalue weighted by Gasteiger charge is 2.06. The molecule has 2 heteroatoms. The van der Waals surface area contributed by atoms with Crippen LogP contribution in [0, 0.1) is 0 Å². The zero-order chi connectivity index (χ0) is 10.6. The molecule has 0 aliphatic rings. The number of hydrogen-bond acceptors (Lipinski definition) is 1. The maximum absolute atomic E-state index is 6.08. The molecule has 0 N–H and O–H groups in total. The first-order chi connectivity index (χ1) is 6.69. The van der Waals surface area contributed by atoms with Gasteiger partial charge in [-0.2, -0.15) is 0 Å². The first-order valence-electron chi connectivity index (χ1n) is 5.11. The van der Waals surface area contributed by atoms with Gasteiger partial charge in [-0.05, 0) is 37.0 Å². The zero-order valence-electron chi connectivity index (χ0n) is 9.01. The third kappa shape index (κ3) is 2.65. The van der Waals surface area contributed by atoms with Crippen LogP contribution in [-0.4, -0.2) is 6.61 Å².